The molecular formula is C16H21FN2S2. The van der Waals surface area contributed by atoms with Crippen molar-refractivity contribution in [3.8, 4) is 10.6 Å². The summed E-state index contributed by atoms with van der Waals surface area (Å²) in [6.45, 7) is 7.26. The molecule has 0 aliphatic rings. The average Bonchev–Trinajstić information content (AvgIpc) is 2.85. The van der Waals surface area contributed by atoms with Crippen molar-refractivity contribution in [3.63, 3.8) is 0 Å². The molecule has 0 radical (unpaired) electrons. The number of thiazole rings is 1. The highest BCUT2D eigenvalue weighted by atomic mass is 32.2. The summed E-state index contributed by atoms with van der Waals surface area (Å²) in [4.78, 5) is 6.73. The minimum absolute atomic E-state index is 0.198. The molecular weight excluding hydrogens is 303 g/mol. The van der Waals surface area contributed by atoms with Crippen LogP contribution >= 0.6 is 23.1 Å². The number of benzene rings is 1. The smallest absolute Gasteiger partial charge is 0.134 e. The second kappa shape index (κ2) is 7.38. The molecule has 5 heteroatoms. The lowest BCUT2D eigenvalue weighted by Crippen LogP contribution is -2.18. The minimum Gasteiger partial charge on any atom is -0.309 e. The molecule has 1 N–H and O–H groups in total. The average molecular weight is 324 g/mol. The van der Waals surface area contributed by atoms with Crippen molar-refractivity contribution >= 4 is 23.1 Å². The maximum Gasteiger partial charge on any atom is 0.134 e. The van der Waals surface area contributed by atoms with Gasteiger partial charge >= 0.3 is 0 Å². The molecule has 2 rings (SSSR count). The first-order chi connectivity index (χ1) is 10.1. The number of nitrogens with zero attached hydrogens (tertiary/aromatic N) is 1. The van der Waals surface area contributed by atoms with Gasteiger partial charge in [-0.15, -0.1) is 23.1 Å². The molecule has 1 aromatic heterocycles. The lowest BCUT2D eigenvalue weighted by Gasteiger charge is -2.11. The summed E-state index contributed by atoms with van der Waals surface area (Å²) in [7, 11) is 0. The maximum absolute atomic E-state index is 14.2. The number of hydrogen-bond donors (Lipinski definition) is 1. The summed E-state index contributed by atoms with van der Waals surface area (Å²) >= 11 is 3.14. The van der Waals surface area contributed by atoms with E-state index in [2.05, 4.69) is 24.1 Å². The Bertz CT molecular complexity index is 610. The van der Waals surface area contributed by atoms with Gasteiger partial charge in [0.2, 0.25) is 0 Å². The molecule has 0 saturated heterocycles. The third kappa shape index (κ3) is 3.65. The van der Waals surface area contributed by atoms with Gasteiger partial charge in [-0.3, -0.25) is 0 Å². The molecule has 0 bridgehead atoms. The Kier molecular flexibility index (Phi) is 5.79. The van der Waals surface area contributed by atoms with Crippen molar-refractivity contribution in [2.24, 2.45) is 0 Å². The van der Waals surface area contributed by atoms with Gasteiger partial charge in [0.25, 0.3) is 0 Å². The first-order valence-electron chi connectivity index (χ1n) is 7.12. The third-order valence-electron chi connectivity index (χ3n) is 3.34. The van der Waals surface area contributed by atoms with Gasteiger partial charge in [0.1, 0.15) is 10.8 Å². The predicted octanol–water partition coefficient (Wildman–Crippen LogP) is 5.04. The summed E-state index contributed by atoms with van der Waals surface area (Å²) in [5.74, 6) is -0.198. The van der Waals surface area contributed by atoms with E-state index in [0.29, 0.717) is 5.56 Å². The Morgan fingerprint density at radius 1 is 1.43 bits per heavy atom. The van der Waals surface area contributed by atoms with Crippen LogP contribution in [0, 0.1) is 12.7 Å². The van der Waals surface area contributed by atoms with Crippen molar-refractivity contribution in [1.82, 2.24) is 10.3 Å². The van der Waals surface area contributed by atoms with E-state index in [1.807, 2.05) is 19.2 Å². The fourth-order valence-electron chi connectivity index (χ4n) is 2.25. The number of rotatable bonds is 6. The highest BCUT2D eigenvalue weighted by Gasteiger charge is 2.19. The summed E-state index contributed by atoms with van der Waals surface area (Å²) in [6, 6.07) is 5.45. The molecule has 2 nitrogen and oxygen atoms in total. The lowest BCUT2D eigenvalue weighted by molar-refractivity contribution is 0.575. The summed E-state index contributed by atoms with van der Waals surface area (Å²) < 4.78 is 14.2. The Balaban J connectivity index is 2.39. The van der Waals surface area contributed by atoms with E-state index >= 15 is 0 Å². The molecule has 0 amide bonds. The third-order valence-corrected chi connectivity index (χ3v) is 5.47. The Morgan fingerprint density at radius 2 is 2.19 bits per heavy atom. The molecule has 2 aromatic rings. The molecule has 0 fully saturated rings. The van der Waals surface area contributed by atoms with Crippen LogP contribution in [0.25, 0.3) is 10.6 Å². The topological polar surface area (TPSA) is 24.9 Å². The van der Waals surface area contributed by atoms with E-state index in [0.717, 1.165) is 28.6 Å². The molecule has 114 valence electrons. The van der Waals surface area contributed by atoms with Gasteiger partial charge < -0.3 is 5.32 Å². The van der Waals surface area contributed by atoms with Crippen LogP contribution in [0.3, 0.4) is 0 Å². The SMILES string of the molecule is CCCNC(C)c1sc(-c2c(F)cccc2SC)nc1C. The highest BCUT2D eigenvalue weighted by Crippen LogP contribution is 2.37. The quantitative estimate of drug-likeness (QED) is 0.754. The zero-order valence-electron chi connectivity index (χ0n) is 12.9. The van der Waals surface area contributed by atoms with Crippen molar-refractivity contribution in [2.75, 3.05) is 12.8 Å². The molecule has 1 heterocycles. The van der Waals surface area contributed by atoms with E-state index in [1.54, 1.807) is 29.2 Å². The van der Waals surface area contributed by atoms with Gasteiger partial charge in [0.15, 0.2) is 0 Å². The molecule has 0 saturated carbocycles. The van der Waals surface area contributed by atoms with Gasteiger partial charge in [-0.2, -0.15) is 0 Å². The number of thioether (sulfide) groups is 1. The molecule has 0 aliphatic carbocycles. The summed E-state index contributed by atoms with van der Waals surface area (Å²) in [5, 5.41) is 4.24. The number of halogens is 1. The second-order valence-electron chi connectivity index (χ2n) is 4.96. The number of nitrogens with one attached hydrogen (secondary N) is 1. The normalized spacial score (nSPS) is 12.6. The maximum atomic E-state index is 14.2. The molecule has 1 unspecified atom stereocenters. The fourth-order valence-corrected chi connectivity index (χ4v) is 4.08. The van der Waals surface area contributed by atoms with Crippen LogP contribution in [-0.2, 0) is 0 Å². The van der Waals surface area contributed by atoms with Gasteiger partial charge in [0.05, 0.1) is 11.3 Å². The largest absolute Gasteiger partial charge is 0.309 e. The number of aryl methyl sites for hydroxylation is 1. The minimum atomic E-state index is -0.198. The van der Waals surface area contributed by atoms with Crippen molar-refractivity contribution in [3.05, 3.63) is 34.6 Å². The van der Waals surface area contributed by atoms with Gasteiger partial charge in [-0.1, -0.05) is 13.0 Å². The fraction of sp³-hybridized carbons (Fsp3) is 0.438. The van der Waals surface area contributed by atoms with Crippen LogP contribution in [0.15, 0.2) is 23.1 Å². The van der Waals surface area contributed by atoms with Gasteiger partial charge in [-0.25, -0.2) is 9.37 Å². The molecule has 1 aromatic carbocycles. The molecule has 21 heavy (non-hydrogen) atoms. The van der Waals surface area contributed by atoms with Crippen molar-refractivity contribution in [1.29, 1.82) is 0 Å². The Morgan fingerprint density at radius 3 is 2.86 bits per heavy atom. The standard InChI is InChI=1S/C16H21FN2S2/c1-5-9-18-10(2)15-11(3)19-16(21-15)14-12(17)7-6-8-13(14)20-4/h6-8,10,18H,5,9H2,1-4H3. The van der Waals surface area contributed by atoms with E-state index in [-0.39, 0.29) is 11.9 Å². The number of hydrogen-bond acceptors (Lipinski definition) is 4. The van der Waals surface area contributed by atoms with Crippen LogP contribution in [0.4, 0.5) is 4.39 Å². The van der Waals surface area contributed by atoms with Gasteiger partial charge in [0, 0.05) is 15.8 Å². The molecule has 0 spiro atoms. The first kappa shape index (κ1) is 16.5. The van der Waals surface area contributed by atoms with Crippen LogP contribution in [0.1, 0.15) is 36.9 Å². The second-order valence-corrected chi connectivity index (χ2v) is 6.84. The van der Waals surface area contributed by atoms with Gasteiger partial charge in [-0.05, 0) is 45.2 Å². The monoisotopic (exact) mass is 324 g/mol. The summed E-state index contributed by atoms with van der Waals surface area (Å²) in [5.41, 5.74) is 1.62. The van der Waals surface area contributed by atoms with E-state index in [9.17, 15) is 4.39 Å². The van der Waals surface area contributed by atoms with Crippen LogP contribution in [0.5, 0.6) is 0 Å². The lowest BCUT2D eigenvalue weighted by atomic mass is 10.2. The van der Waals surface area contributed by atoms with Crippen LogP contribution in [0.2, 0.25) is 0 Å². The van der Waals surface area contributed by atoms with E-state index in [4.69, 9.17) is 0 Å². The van der Waals surface area contributed by atoms with Crippen molar-refractivity contribution < 1.29 is 4.39 Å². The predicted molar refractivity (Wildman–Crippen MR) is 90.7 cm³/mol. The molecule has 1 atom stereocenters. The molecule has 0 aliphatic heterocycles. The highest BCUT2D eigenvalue weighted by molar-refractivity contribution is 7.98. The first-order valence-corrected chi connectivity index (χ1v) is 9.16. The zero-order valence-corrected chi connectivity index (χ0v) is 14.5. The van der Waals surface area contributed by atoms with Crippen LogP contribution in [-0.4, -0.2) is 17.8 Å². The Labute approximate surface area is 134 Å². The summed E-state index contributed by atoms with van der Waals surface area (Å²) in [6.07, 6.45) is 3.06. The Hall–Kier alpha value is -0.910. The van der Waals surface area contributed by atoms with Crippen LogP contribution < -0.4 is 5.32 Å². The number of aromatic nitrogens is 1. The van der Waals surface area contributed by atoms with Crippen molar-refractivity contribution in [2.45, 2.75) is 38.1 Å². The van der Waals surface area contributed by atoms with E-state index < -0.39 is 0 Å². The van der Waals surface area contributed by atoms with E-state index in [1.165, 1.54) is 10.9 Å². The zero-order chi connectivity index (χ0) is 15.4.